The lowest BCUT2D eigenvalue weighted by atomic mass is 10.0. The molecule has 0 radical (unpaired) electrons. The normalized spacial score (nSPS) is 11.4. The van der Waals surface area contributed by atoms with Crippen LogP contribution in [0.5, 0.6) is 5.75 Å². The minimum absolute atomic E-state index is 0.0620. The third-order valence-corrected chi connectivity index (χ3v) is 5.75. The van der Waals surface area contributed by atoms with Gasteiger partial charge in [-0.25, -0.2) is 0 Å². The van der Waals surface area contributed by atoms with Gasteiger partial charge < -0.3 is 10.0 Å². The molecule has 3 aromatic carbocycles. The third kappa shape index (κ3) is 7.06. The largest absolute Gasteiger partial charge is 0.507 e. The summed E-state index contributed by atoms with van der Waals surface area (Å²) in [5.74, 6) is -0.132. The van der Waals surface area contributed by atoms with E-state index < -0.39 is 0 Å². The van der Waals surface area contributed by atoms with E-state index in [0.29, 0.717) is 23.4 Å². The molecule has 0 aliphatic carbocycles. The van der Waals surface area contributed by atoms with Crippen molar-refractivity contribution in [2.75, 3.05) is 18.0 Å². The van der Waals surface area contributed by atoms with Crippen LogP contribution in [0.15, 0.2) is 81.1 Å². The summed E-state index contributed by atoms with van der Waals surface area (Å²) in [4.78, 5) is 14.4. The summed E-state index contributed by atoms with van der Waals surface area (Å²) in [7, 11) is 0. The number of benzene rings is 3. The summed E-state index contributed by atoms with van der Waals surface area (Å²) >= 11 is 0. The van der Waals surface area contributed by atoms with Crippen LogP contribution in [0.4, 0.5) is 28.4 Å². The van der Waals surface area contributed by atoms with Crippen LogP contribution < -0.4 is 4.90 Å². The zero-order valence-corrected chi connectivity index (χ0v) is 20.9. The van der Waals surface area contributed by atoms with Gasteiger partial charge >= 0.3 is 0 Å². The molecule has 0 aromatic heterocycles. The Morgan fingerprint density at radius 2 is 1.40 bits per heavy atom. The van der Waals surface area contributed by atoms with Crippen LogP contribution in [-0.4, -0.2) is 24.0 Å². The first-order valence-electron chi connectivity index (χ1n) is 12.1. The van der Waals surface area contributed by atoms with E-state index in [9.17, 15) is 9.90 Å². The second-order valence-corrected chi connectivity index (χ2v) is 8.29. The Balaban J connectivity index is 1.67. The first-order chi connectivity index (χ1) is 16.9. The average molecular weight is 472 g/mol. The Hall–Kier alpha value is -3.87. The lowest BCUT2D eigenvalue weighted by Gasteiger charge is -2.20. The second-order valence-electron chi connectivity index (χ2n) is 8.29. The highest BCUT2D eigenvalue weighted by Gasteiger charge is 2.11. The van der Waals surface area contributed by atoms with Gasteiger partial charge in [-0.05, 0) is 87.4 Å². The molecule has 0 saturated carbocycles. The number of hydrogen-bond donors (Lipinski definition) is 1. The highest BCUT2D eigenvalue weighted by atomic mass is 16.3. The van der Waals surface area contributed by atoms with Crippen molar-refractivity contribution in [3.05, 3.63) is 71.8 Å². The van der Waals surface area contributed by atoms with E-state index in [-0.39, 0.29) is 11.5 Å². The molecule has 7 heteroatoms. The summed E-state index contributed by atoms with van der Waals surface area (Å²) in [5.41, 5.74) is 5.10. The lowest BCUT2D eigenvalue weighted by molar-refractivity contribution is 0.0977. The predicted molar refractivity (Wildman–Crippen MR) is 141 cm³/mol. The van der Waals surface area contributed by atoms with Gasteiger partial charge in [0.1, 0.15) is 5.75 Å². The number of rotatable bonds is 11. The van der Waals surface area contributed by atoms with Crippen molar-refractivity contribution in [2.45, 2.75) is 47.0 Å². The van der Waals surface area contributed by atoms with E-state index in [4.69, 9.17) is 0 Å². The van der Waals surface area contributed by atoms with Gasteiger partial charge in [-0.1, -0.05) is 13.3 Å². The number of Topliss-reactive ketones (excluding diaryl/α,β-unsaturated/α-hetero) is 1. The molecule has 3 aromatic rings. The van der Waals surface area contributed by atoms with Crippen molar-refractivity contribution in [3.8, 4) is 5.75 Å². The molecule has 0 aliphatic heterocycles. The number of carbonyl (C=O) groups is 1. The van der Waals surface area contributed by atoms with Gasteiger partial charge in [0.05, 0.1) is 28.3 Å². The molecular weight excluding hydrogens is 438 g/mol. The van der Waals surface area contributed by atoms with E-state index in [1.54, 1.807) is 12.1 Å². The molecule has 7 nitrogen and oxygen atoms in total. The Morgan fingerprint density at radius 1 is 0.800 bits per heavy atom. The van der Waals surface area contributed by atoms with Crippen LogP contribution in [0.2, 0.25) is 0 Å². The van der Waals surface area contributed by atoms with E-state index >= 15 is 0 Å². The van der Waals surface area contributed by atoms with Gasteiger partial charge in [-0.15, -0.1) is 0 Å². The van der Waals surface area contributed by atoms with Crippen LogP contribution >= 0.6 is 0 Å². The van der Waals surface area contributed by atoms with E-state index in [1.807, 2.05) is 44.2 Å². The maximum absolute atomic E-state index is 12.2. The molecule has 0 amide bonds. The maximum Gasteiger partial charge on any atom is 0.166 e. The molecule has 0 atom stereocenters. The molecule has 0 heterocycles. The number of hydrogen-bond acceptors (Lipinski definition) is 7. The van der Waals surface area contributed by atoms with Gasteiger partial charge in [-0.3, -0.25) is 4.79 Å². The molecule has 0 bridgehead atoms. The predicted octanol–water partition coefficient (Wildman–Crippen LogP) is 8.75. The molecule has 1 N–H and O–H groups in total. The van der Waals surface area contributed by atoms with E-state index in [0.717, 1.165) is 42.9 Å². The zero-order chi connectivity index (χ0) is 25.2. The standard InChI is InChI=1S/C28H33N5O2/c1-5-8-9-27(34)25-16-12-23(19-28(25)35)31-30-22-13-17-26(20(4)18-22)32-29-21-10-14-24(15-11-21)33(6-2)7-3/h10-19,35H,5-9H2,1-4H3. The minimum Gasteiger partial charge on any atom is -0.507 e. The molecule has 35 heavy (non-hydrogen) atoms. The smallest absolute Gasteiger partial charge is 0.166 e. The molecule has 0 spiro atoms. The number of aromatic hydroxyl groups is 1. The number of phenols is 1. The Morgan fingerprint density at radius 3 is 2.00 bits per heavy atom. The topological polar surface area (TPSA) is 90.0 Å². The highest BCUT2D eigenvalue weighted by molar-refractivity contribution is 5.98. The molecular formula is C28H33N5O2. The van der Waals surface area contributed by atoms with Gasteiger partial charge in [0.2, 0.25) is 0 Å². The number of aryl methyl sites for hydroxylation is 1. The van der Waals surface area contributed by atoms with Crippen LogP contribution in [0.1, 0.15) is 56.0 Å². The summed E-state index contributed by atoms with van der Waals surface area (Å²) < 4.78 is 0. The number of phenolic OH excluding ortho intramolecular Hbond substituents is 1. The summed E-state index contributed by atoms with van der Waals surface area (Å²) in [6, 6.07) is 18.3. The molecule has 3 rings (SSSR count). The van der Waals surface area contributed by atoms with Crippen molar-refractivity contribution in [1.29, 1.82) is 0 Å². The zero-order valence-electron chi connectivity index (χ0n) is 20.9. The van der Waals surface area contributed by atoms with Crippen molar-refractivity contribution in [1.82, 2.24) is 0 Å². The fraction of sp³-hybridized carbons (Fsp3) is 0.321. The molecule has 0 saturated heterocycles. The number of nitrogens with zero attached hydrogens (tertiary/aromatic N) is 5. The number of anilines is 1. The van der Waals surface area contributed by atoms with Gasteiger partial charge in [-0.2, -0.15) is 20.5 Å². The summed E-state index contributed by atoms with van der Waals surface area (Å²) in [6.45, 7) is 10.2. The minimum atomic E-state index is -0.0698. The first kappa shape index (κ1) is 25.7. The average Bonchev–Trinajstić information content (AvgIpc) is 2.87. The van der Waals surface area contributed by atoms with Gasteiger partial charge in [0, 0.05) is 31.3 Å². The summed E-state index contributed by atoms with van der Waals surface area (Å²) in [6.07, 6.45) is 2.16. The fourth-order valence-corrected chi connectivity index (χ4v) is 3.65. The highest BCUT2D eigenvalue weighted by Crippen LogP contribution is 2.30. The van der Waals surface area contributed by atoms with Crippen LogP contribution in [0, 0.1) is 6.92 Å². The Kier molecular flexibility index (Phi) is 9.23. The number of carbonyl (C=O) groups excluding carboxylic acids is 1. The van der Waals surface area contributed by atoms with E-state index in [1.165, 1.54) is 11.8 Å². The third-order valence-electron chi connectivity index (χ3n) is 5.75. The van der Waals surface area contributed by atoms with E-state index in [2.05, 4.69) is 51.3 Å². The molecule has 0 fully saturated rings. The van der Waals surface area contributed by atoms with Crippen molar-refractivity contribution in [2.24, 2.45) is 20.5 Å². The van der Waals surface area contributed by atoms with Crippen molar-refractivity contribution in [3.63, 3.8) is 0 Å². The SMILES string of the molecule is CCCCC(=O)c1ccc(N=Nc2ccc(N=Nc3ccc(N(CC)CC)cc3)c(C)c2)cc1O. The van der Waals surface area contributed by atoms with Crippen molar-refractivity contribution >= 4 is 34.2 Å². The quantitative estimate of drug-likeness (QED) is 0.224. The monoisotopic (exact) mass is 471 g/mol. The van der Waals surface area contributed by atoms with Crippen LogP contribution in [-0.2, 0) is 0 Å². The Labute approximate surface area is 207 Å². The number of azo groups is 2. The van der Waals surface area contributed by atoms with Crippen molar-refractivity contribution < 1.29 is 9.90 Å². The fourth-order valence-electron chi connectivity index (χ4n) is 3.65. The Bertz CT molecular complexity index is 1200. The molecule has 0 aliphatic rings. The van der Waals surface area contributed by atoms with Gasteiger partial charge in [0.25, 0.3) is 0 Å². The first-order valence-corrected chi connectivity index (χ1v) is 12.1. The van der Waals surface area contributed by atoms with Crippen LogP contribution in [0.3, 0.4) is 0 Å². The number of ketones is 1. The molecule has 0 unspecified atom stereocenters. The van der Waals surface area contributed by atoms with Gasteiger partial charge in [0.15, 0.2) is 5.78 Å². The lowest BCUT2D eigenvalue weighted by Crippen LogP contribution is -2.21. The maximum atomic E-state index is 12.2. The number of unbranched alkanes of at least 4 members (excludes halogenated alkanes) is 1. The second kappa shape index (κ2) is 12.6. The summed E-state index contributed by atoms with van der Waals surface area (Å²) in [5, 5.41) is 27.4. The molecule has 182 valence electrons. The van der Waals surface area contributed by atoms with Crippen LogP contribution in [0.25, 0.3) is 0 Å².